The summed E-state index contributed by atoms with van der Waals surface area (Å²) in [5.41, 5.74) is 4.05. The lowest BCUT2D eigenvalue weighted by molar-refractivity contribution is 0.0920. The van der Waals surface area contributed by atoms with Crippen LogP contribution in [0.25, 0.3) is 22.6 Å². The van der Waals surface area contributed by atoms with Gasteiger partial charge in [0.2, 0.25) is 0 Å². The molecule has 7 heteroatoms. The largest absolute Gasteiger partial charge is 0.451 e. The Balaban J connectivity index is 1.49. The van der Waals surface area contributed by atoms with Crippen LogP contribution in [0.4, 0.5) is 0 Å². The maximum atomic E-state index is 12.3. The van der Waals surface area contributed by atoms with E-state index >= 15 is 0 Å². The van der Waals surface area contributed by atoms with Crippen molar-refractivity contribution in [3.63, 3.8) is 0 Å². The van der Waals surface area contributed by atoms with Crippen molar-refractivity contribution in [3.05, 3.63) is 57.1 Å². The number of hydrogen-bond acceptors (Lipinski definition) is 6. The molecular weight excluding hydrogens is 362 g/mol. The van der Waals surface area contributed by atoms with Crippen molar-refractivity contribution in [2.75, 3.05) is 6.54 Å². The molecule has 4 rings (SSSR count). The summed E-state index contributed by atoms with van der Waals surface area (Å²) in [7, 11) is 0. The van der Waals surface area contributed by atoms with Crippen molar-refractivity contribution in [2.45, 2.75) is 27.2 Å². The summed E-state index contributed by atoms with van der Waals surface area (Å²) >= 11 is 1.69. The van der Waals surface area contributed by atoms with Gasteiger partial charge in [0.25, 0.3) is 5.89 Å². The number of carbonyl (C=O) groups is 1. The SMILES string of the molecule is Cc1ccc2oc(-c3nnc(C(=O)NCCc4sccc4C)o3)c(C)c2c1. The minimum absolute atomic E-state index is 0.0658. The van der Waals surface area contributed by atoms with E-state index in [4.69, 9.17) is 8.83 Å². The van der Waals surface area contributed by atoms with Crippen molar-refractivity contribution in [3.8, 4) is 11.7 Å². The fourth-order valence-electron chi connectivity index (χ4n) is 2.97. The van der Waals surface area contributed by atoms with E-state index in [1.807, 2.05) is 37.4 Å². The molecule has 0 fully saturated rings. The van der Waals surface area contributed by atoms with Crippen molar-refractivity contribution in [1.29, 1.82) is 0 Å². The third-order valence-electron chi connectivity index (χ3n) is 4.51. The van der Waals surface area contributed by atoms with E-state index in [-0.39, 0.29) is 17.7 Å². The second kappa shape index (κ2) is 7.00. The van der Waals surface area contributed by atoms with Crippen LogP contribution in [0.1, 0.15) is 32.3 Å². The standard InChI is InChI=1S/C20H19N3O3S/c1-11-4-5-15-14(10-11)13(3)17(25-15)19-22-23-20(26-19)18(24)21-8-6-16-12(2)7-9-27-16/h4-5,7,9-10H,6,8H2,1-3H3,(H,21,24). The van der Waals surface area contributed by atoms with Gasteiger partial charge in [-0.2, -0.15) is 0 Å². The first-order valence-corrected chi connectivity index (χ1v) is 9.55. The van der Waals surface area contributed by atoms with E-state index in [9.17, 15) is 4.79 Å². The topological polar surface area (TPSA) is 81.2 Å². The van der Waals surface area contributed by atoms with Gasteiger partial charge in [-0.1, -0.05) is 11.6 Å². The van der Waals surface area contributed by atoms with Gasteiger partial charge in [0.05, 0.1) is 0 Å². The molecule has 0 aliphatic rings. The van der Waals surface area contributed by atoms with E-state index in [1.54, 1.807) is 11.3 Å². The second-order valence-corrected chi connectivity index (χ2v) is 7.50. The number of nitrogens with zero attached hydrogens (tertiary/aromatic N) is 2. The maximum absolute atomic E-state index is 12.3. The molecule has 3 heterocycles. The zero-order valence-electron chi connectivity index (χ0n) is 15.3. The number of rotatable bonds is 5. The van der Waals surface area contributed by atoms with E-state index < -0.39 is 0 Å². The third-order valence-corrected chi connectivity index (χ3v) is 5.59. The number of amides is 1. The summed E-state index contributed by atoms with van der Waals surface area (Å²) in [6, 6.07) is 8.02. The highest BCUT2D eigenvalue weighted by atomic mass is 32.1. The number of benzene rings is 1. The highest BCUT2D eigenvalue weighted by Crippen LogP contribution is 2.32. The second-order valence-electron chi connectivity index (χ2n) is 6.50. The van der Waals surface area contributed by atoms with Crippen LogP contribution in [0.15, 0.2) is 38.5 Å². The number of fused-ring (bicyclic) bond motifs is 1. The van der Waals surface area contributed by atoms with Gasteiger partial charge in [0.1, 0.15) is 5.58 Å². The number of aryl methyl sites for hydroxylation is 3. The Hall–Kier alpha value is -2.93. The zero-order valence-corrected chi connectivity index (χ0v) is 16.1. The van der Waals surface area contributed by atoms with Crippen LogP contribution in [0.5, 0.6) is 0 Å². The summed E-state index contributed by atoms with van der Waals surface area (Å²) in [5.74, 6) is 0.258. The predicted octanol–water partition coefficient (Wildman–Crippen LogP) is 4.44. The molecule has 138 valence electrons. The number of furan rings is 1. The summed E-state index contributed by atoms with van der Waals surface area (Å²) in [4.78, 5) is 13.5. The Labute approximate surface area is 160 Å². The maximum Gasteiger partial charge on any atom is 0.308 e. The van der Waals surface area contributed by atoms with E-state index in [0.29, 0.717) is 12.3 Å². The molecule has 1 amide bonds. The van der Waals surface area contributed by atoms with Crippen LogP contribution in [0, 0.1) is 20.8 Å². The molecule has 0 atom stereocenters. The summed E-state index contributed by atoms with van der Waals surface area (Å²) in [6.07, 6.45) is 0.776. The Morgan fingerprint density at radius 3 is 2.78 bits per heavy atom. The van der Waals surface area contributed by atoms with E-state index in [1.165, 1.54) is 10.4 Å². The van der Waals surface area contributed by atoms with Crippen molar-refractivity contribution < 1.29 is 13.6 Å². The fraction of sp³-hybridized carbons (Fsp3) is 0.250. The van der Waals surface area contributed by atoms with Crippen molar-refractivity contribution in [2.24, 2.45) is 0 Å². The number of hydrogen-bond donors (Lipinski definition) is 1. The highest BCUT2D eigenvalue weighted by molar-refractivity contribution is 7.10. The lowest BCUT2D eigenvalue weighted by Gasteiger charge is -2.01. The highest BCUT2D eigenvalue weighted by Gasteiger charge is 2.21. The van der Waals surface area contributed by atoms with Gasteiger partial charge in [-0.15, -0.1) is 21.5 Å². The molecule has 0 saturated heterocycles. The zero-order chi connectivity index (χ0) is 19.0. The van der Waals surface area contributed by atoms with Crippen LogP contribution in [-0.2, 0) is 6.42 Å². The quantitative estimate of drug-likeness (QED) is 0.553. The molecule has 4 aromatic rings. The molecule has 0 aliphatic carbocycles. The minimum atomic E-state index is -0.382. The molecule has 0 spiro atoms. The molecule has 0 saturated carbocycles. The van der Waals surface area contributed by atoms with E-state index in [0.717, 1.165) is 28.5 Å². The molecule has 1 aromatic carbocycles. The van der Waals surface area contributed by atoms with E-state index in [2.05, 4.69) is 28.5 Å². The molecule has 1 N–H and O–H groups in total. The van der Waals surface area contributed by atoms with Crippen LogP contribution in [0.3, 0.4) is 0 Å². The normalized spacial score (nSPS) is 11.2. The first-order chi connectivity index (χ1) is 13.0. The van der Waals surface area contributed by atoms with Gasteiger partial charge in [-0.05, 0) is 56.3 Å². The number of thiophene rings is 1. The average molecular weight is 381 g/mol. The van der Waals surface area contributed by atoms with Gasteiger partial charge in [0, 0.05) is 22.4 Å². The molecule has 27 heavy (non-hydrogen) atoms. The summed E-state index contributed by atoms with van der Waals surface area (Å²) < 4.78 is 11.4. The predicted molar refractivity (Wildman–Crippen MR) is 104 cm³/mol. The van der Waals surface area contributed by atoms with Crippen LogP contribution >= 0.6 is 11.3 Å². The van der Waals surface area contributed by atoms with Gasteiger partial charge < -0.3 is 14.2 Å². The lowest BCUT2D eigenvalue weighted by Crippen LogP contribution is -2.25. The fourth-order valence-corrected chi connectivity index (χ4v) is 3.88. The Morgan fingerprint density at radius 1 is 1.15 bits per heavy atom. The lowest BCUT2D eigenvalue weighted by atomic mass is 10.1. The minimum Gasteiger partial charge on any atom is -0.451 e. The van der Waals surface area contributed by atoms with Gasteiger partial charge >= 0.3 is 11.8 Å². The van der Waals surface area contributed by atoms with Crippen molar-refractivity contribution in [1.82, 2.24) is 15.5 Å². The van der Waals surface area contributed by atoms with Crippen LogP contribution in [-0.4, -0.2) is 22.6 Å². The Bertz CT molecular complexity index is 1120. The van der Waals surface area contributed by atoms with Gasteiger partial charge in [-0.25, -0.2) is 0 Å². The van der Waals surface area contributed by atoms with Gasteiger partial charge in [0.15, 0.2) is 5.76 Å². The number of nitrogens with one attached hydrogen (secondary N) is 1. The monoisotopic (exact) mass is 381 g/mol. The Kier molecular flexibility index (Phi) is 4.53. The molecule has 0 bridgehead atoms. The molecule has 0 unspecified atom stereocenters. The summed E-state index contributed by atoms with van der Waals surface area (Å²) in [5, 5.41) is 13.7. The molecule has 0 aliphatic heterocycles. The molecule has 3 aromatic heterocycles. The van der Waals surface area contributed by atoms with Crippen LogP contribution < -0.4 is 5.32 Å². The van der Waals surface area contributed by atoms with Gasteiger partial charge in [-0.3, -0.25) is 4.79 Å². The third kappa shape index (κ3) is 3.38. The number of carbonyl (C=O) groups excluding carboxylic acids is 1. The molecule has 6 nitrogen and oxygen atoms in total. The summed E-state index contributed by atoms with van der Waals surface area (Å²) in [6.45, 7) is 6.54. The van der Waals surface area contributed by atoms with Crippen LogP contribution in [0.2, 0.25) is 0 Å². The Morgan fingerprint density at radius 2 is 2.00 bits per heavy atom. The average Bonchev–Trinajstić information content (AvgIpc) is 3.36. The molecular formula is C20H19N3O3S. The number of aromatic nitrogens is 2. The van der Waals surface area contributed by atoms with Crippen molar-refractivity contribution >= 4 is 28.2 Å². The first-order valence-electron chi connectivity index (χ1n) is 8.67. The smallest absolute Gasteiger partial charge is 0.308 e. The molecule has 0 radical (unpaired) electrons. The first kappa shape index (κ1) is 17.5.